The van der Waals surface area contributed by atoms with Crippen molar-refractivity contribution in [1.82, 2.24) is 19.9 Å². The van der Waals surface area contributed by atoms with Gasteiger partial charge in [0.25, 0.3) is 0 Å². The van der Waals surface area contributed by atoms with Gasteiger partial charge in [-0.25, -0.2) is 9.97 Å². The van der Waals surface area contributed by atoms with Crippen LogP contribution in [0.5, 0.6) is 5.75 Å². The summed E-state index contributed by atoms with van der Waals surface area (Å²) in [6, 6.07) is 7.94. The standard InChI is InChI=1S/C15H16N4O/c1-3-20-12-6-4-11(5-7-12)13-8-16-15(19-13)14-10(2)17-9-18-14/h4-9H,3H2,1-2H3,(H,16,19)(H,17,18). The van der Waals surface area contributed by atoms with Crippen LogP contribution in [0.25, 0.3) is 22.8 Å². The molecule has 1 aromatic carbocycles. The van der Waals surface area contributed by atoms with Crippen LogP contribution in [0.3, 0.4) is 0 Å². The molecule has 0 spiro atoms. The Kier molecular flexibility index (Phi) is 3.25. The second-order valence-electron chi connectivity index (χ2n) is 4.48. The smallest absolute Gasteiger partial charge is 0.158 e. The van der Waals surface area contributed by atoms with Gasteiger partial charge >= 0.3 is 0 Å². The first-order chi connectivity index (χ1) is 9.78. The molecule has 0 radical (unpaired) electrons. The molecule has 0 unspecified atom stereocenters. The highest BCUT2D eigenvalue weighted by Gasteiger charge is 2.09. The summed E-state index contributed by atoms with van der Waals surface area (Å²) in [5, 5.41) is 0. The summed E-state index contributed by atoms with van der Waals surface area (Å²) < 4.78 is 5.44. The summed E-state index contributed by atoms with van der Waals surface area (Å²) in [6.07, 6.45) is 3.49. The van der Waals surface area contributed by atoms with Crippen LogP contribution in [0.2, 0.25) is 0 Å². The Morgan fingerprint density at radius 3 is 2.60 bits per heavy atom. The molecule has 0 bridgehead atoms. The van der Waals surface area contributed by atoms with Gasteiger partial charge in [-0.3, -0.25) is 0 Å². The number of hydrogen-bond donors (Lipinski definition) is 2. The van der Waals surface area contributed by atoms with Crippen molar-refractivity contribution in [3.63, 3.8) is 0 Å². The van der Waals surface area contributed by atoms with Gasteiger partial charge in [0.05, 0.1) is 24.8 Å². The van der Waals surface area contributed by atoms with Gasteiger partial charge in [0, 0.05) is 5.69 Å². The van der Waals surface area contributed by atoms with Crippen LogP contribution in [-0.4, -0.2) is 26.5 Å². The Balaban J connectivity index is 1.88. The molecule has 0 aliphatic rings. The third-order valence-corrected chi connectivity index (χ3v) is 3.11. The van der Waals surface area contributed by atoms with Crippen LogP contribution < -0.4 is 4.74 Å². The first kappa shape index (κ1) is 12.5. The van der Waals surface area contributed by atoms with Gasteiger partial charge < -0.3 is 14.7 Å². The summed E-state index contributed by atoms with van der Waals surface area (Å²) in [7, 11) is 0. The molecule has 0 amide bonds. The number of hydrogen-bond acceptors (Lipinski definition) is 3. The van der Waals surface area contributed by atoms with Crippen molar-refractivity contribution >= 4 is 0 Å². The Bertz CT molecular complexity index is 697. The highest BCUT2D eigenvalue weighted by Crippen LogP contribution is 2.24. The van der Waals surface area contributed by atoms with Gasteiger partial charge in [0.2, 0.25) is 0 Å². The van der Waals surface area contributed by atoms with E-state index in [1.54, 1.807) is 6.33 Å². The van der Waals surface area contributed by atoms with E-state index in [4.69, 9.17) is 4.74 Å². The molecular formula is C15H16N4O. The molecule has 0 atom stereocenters. The van der Waals surface area contributed by atoms with Crippen LogP contribution in [0.1, 0.15) is 12.6 Å². The van der Waals surface area contributed by atoms with Crippen molar-refractivity contribution in [1.29, 1.82) is 0 Å². The summed E-state index contributed by atoms with van der Waals surface area (Å²) in [6.45, 7) is 4.62. The van der Waals surface area contributed by atoms with E-state index >= 15 is 0 Å². The number of rotatable bonds is 4. The van der Waals surface area contributed by atoms with Crippen molar-refractivity contribution in [2.75, 3.05) is 6.61 Å². The van der Waals surface area contributed by atoms with E-state index < -0.39 is 0 Å². The number of aromatic nitrogens is 4. The predicted molar refractivity (Wildman–Crippen MR) is 77.5 cm³/mol. The summed E-state index contributed by atoms with van der Waals surface area (Å²) in [5.74, 6) is 1.65. The molecule has 20 heavy (non-hydrogen) atoms. The molecule has 0 aliphatic carbocycles. The zero-order chi connectivity index (χ0) is 13.9. The maximum atomic E-state index is 5.44. The zero-order valence-corrected chi connectivity index (χ0v) is 11.5. The molecule has 2 heterocycles. The molecule has 102 valence electrons. The van der Waals surface area contributed by atoms with Crippen LogP contribution in [0.4, 0.5) is 0 Å². The molecule has 0 fully saturated rings. The minimum atomic E-state index is 0.673. The summed E-state index contributed by atoms with van der Waals surface area (Å²) >= 11 is 0. The first-order valence-electron chi connectivity index (χ1n) is 6.56. The Morgan fingerprint density at radius 2 is 1.95 bits per heavy atom. The summed E-state index contributed by atoms with van der Waals surface area (Å²) in [5.41, 5.74) is 3.88. The first-order valence-corrected chi connectivity index (χ1v) is 6.56. The number of imidazole rings is 2. The van der Waals surface area contributed by atoms with Crippen molar-refractivity contribution in [2.45, 2.75) is 13.8 Å². The number of nitrogens with one attached hydrogen (secondary N) is 2. The lowest BCUT2D eigenvalue weighted by molar-refractivity contribution is 0.340. The number of benzene rings is 1. The average molecular weight is 268 g/mol. The maximum Gasteiger partial charge on any atom is 0.158 e. The van der Waals surface area contributed by atoms with E-state index in [-0.39, 0.29) is 0 Å². The third-order valence-electron chi connectivity index (χ3n) is 3.11. The molecule has 3 rings (SSSR count). The molecule has 5 nitrogen and oxygen atoms in total. The fourth-order valence-electron chi connectivity index (χ4n) is 2.08. The van der Waals surface area contributed by atoms with E-state index in [0.29, 0.717) is 6.61 Å². The molecule has 2 aromatic heterocycles. The number of nitrogens with zero attached hydrogens (tertiary/aromatic N) is 2. The van der Waals surface area contributed by atoms with Gasteiger partial charge in [0.1, 0.15) is 11.4 Å². The van der Waals surface area contributed by atoms with E-state index in [0.717, 1.165) is 34.2 Å². The molecule has 0 saturated carbocycles. The fourth-order valence-corrected chi connectivity index (χ4v) is 2.08. The molecule has 0 saturated heterocycles. The second-order valence-corrected chi connectivity index (χ2v) is 4.48. The fraction of sp³-hybridized carbons (Fsp3) is 0.200. The Hall–Kier alpha value is -2.56. The SMILES string of the molecule is CCOc1ccc(-c2cnc(-c3nc[nH]c3C)[nH]2)cc1. The van der Waals surface area contributed by atoms with Gasteiger partial charge in [-0.15, -0.1) is 0 Å². The highest BCUT2D eigenvalue weighted by atomic mass is 16.5. The van der Waals surface area contributed by atoms with Crippen LogP contribution >= 0.6 is 0 Å². The lowest BCUT2D eigenvalue weighted by atomic mass is 10.2. The molecule has 0 aliphatic heterocycles. The van der Waals surface area contributed by atoms with Crippen molar-refractivity contribution in [3.8, 4) is 28.5 Å². The normalized spacial score (nSPS) is 10.7. The second kappa shape index (κ2) is 5.21. The van der Waals surface area contributed by atoms with Crippen molar-refractivity contribution in [3.05, 3.63) is 42.5 Å². The minimum Gasteiger partial charge on any atom is -0.494 e. The number of aromatic amines is 2. The predicted octanol–water partition coefficient (Wildman–Crippen LogP) is 3.17. The summed E-state index contributed by atoms with van der Waals surface area (Å²) in [4.78, 5) is 15.0. The monoisotopic (exact) mass is 268 g/mol. The highest BCUT2D eigenvalue weighted by molar-refractivity contribution is 5.64. The van der Waals surface area contributed by atoms with E-state index in [1.165, 1.54) is 0 Å². The van der Waals surface area contributed by atoms with Crippen molar-refractivity contribution in [2.24, 2.45) is 0 Å². The quantitative estimate of drug-likeness (QED) is 0.763. The topological polar surface area (TPSA) is 66.6 Å². The number of H-pyrrole nitrogens is 2. The zero-order valence-electron chi connectivity index (χ0n) is 11.5. The maximum absolute atomic E-state index is 5.44. The van der Waals surface area contributed by atoms with E-state index in [1.807, 2.05) is 44.3 Å². The molecular weight excluding hydrogens is 252 g/mol. The number of aryl methyl sites for hydroxylation is 1. The van der Waals surface area contributed by atoms with Gasteiger partial charge in [-0.05, 0) is 43.7 Å². The van der Waals surface area contributed by atoms with Crippen LogP contribution in [0, 0.1) is 6.92 Å². The Morgan fingerprint density at radius 1 is 1.15 bits per heavy atom. The largest absolute Gasteiger partial charge is 0.494 e. The van der Waals surface area contributed by atoms with Crippen LogP contribution in [-0.2, 0) is 0 Å². The van der Waals surface area contributed by atoms with E-state index in [2.05, 4.69) is 19.9 Å². The van der Waals surface area contributed by atoms with Crippen molar-refractivity contribution < 1.29 is 4.74 Å². The van der Waals surface area contributed by atoms with Gasteiger partial charge in [-0.2, -0.15) is 0 Å². The number of ether oxygens (including phenoxy) is 1. The van der Waals surface area contributed by atoms with E-state index in [9.17, 15) is 0 Å². The van der Waals surface area contributed by atoms with Crippen LogP contribution in [0.15, 0.2) is 36.8 Å². The van der Waals surface area contributed by atoms with Gasteiger partial charge in [-0.1, -0.05) is 0 Å². The lowest BCUT2D eigenvalue weighted by Gasteiger charge is -2.03. The molecule has 3 aromatic rings. The molecule has 5 heteroatoms. The van der Waals surface area contributed by atoms with Gasteiger partial charge in [0.15, 0.2) is 5.82 Å². The minimum absolute atomic E-state index is 0.673. The molecule has 2 N–H and O–H groups in total. The lowest BCUT2D eigenvalue weighted by Crippen LogP contribution is -1.90. The Labute approximate surface area is 117 Å². The average Bonchev–Trinajstić information content (AvgIpc) is 3.08. The third kappa shape index (κ3) is 2.30.